The average molecular weight is 220 g/mol. The molecule has 0 saturated carbocycles. The first-order valence-electron chi connectivity index (χ1n) is 5.23. The van der Waals surface area contributed by atoms with E-state index in [-0.39, 0.29) is 0 Å². The number of rotatable bonds is 2. The van der Waals surface area contributed by atoms with Crippen LogP contribution in [-0.2, 0) is 7.05 Å². The van der Waals surface area contributed by atoms with Crippen LogP contribution < -0.4 is 0 Å². The Kier molecular flexibility index (Phi) is 2.59. The number of furan rings is 1. The van der Waals surface area contributed by atoms with Crippen LogP contribution in [0.3, 0.4) is 0 Å². The summed E-state index contributed by atoms with van der Waals surface area (Å²) in [6.45, 7) is 5.73. The topological polar surface area (TPSA) is 51.2 Å². The summed E-state index contributed by atoms with van der Waals surface area (Å²) in [6.07, 6.45) is 2.82. The van der Waals surface area contributed by atoms with Crippen LogP contribution in [0.4, 0.5) is 0 Å². The SMILES string of the molecule is Cc1oc(C)c(C(O)c2cnn(C)c2)c1C. The summed E-state index contributed by atoms with van der Waals surface area (Å²) >= 11 is 0. The van der Waals surface area contributed by atoms with Gasteiger partial charge in [-0.15, -0.1) is 0 Å². The quantitative estimate of drug-likeness (QED) is 0.842. The molecule has 1 atom stereocenters. The second-order valence-corrected chi connectivity index (χ2v) is 4.10. The highest BCUT2D eigenvalue weighted by Crippen LogP contribution is 2.30. The molecule has 4 nitrogen and oxygen atoms in total. The third kappa shape index (κ3) is 1.65. The first-order chi connectivity index (χ1) is 7.50. The molecule has 0 bridgehead atoms. The lowest BCUT2D eigenvalue weighted by molar-refractivity contribution is 0.217. The van der Waals surface area contributed by atoms with Crippen LogP contribution in [0.2, 0.25) is 0 Å². The van der Waals surface area contributed by atoms with Gasteiger partial charge in [0.2, 0.25) is 0 Å². The summed E-state index contributed by atoms with van der Waals surface area (Å²) in [5, 5.41) is 14.3. The lowest BCUT2D eigenvalue weighted by atomic mass is 10.0. The number of hydrogen-bond acceptors (Lipinski definition) is 3. The number of aliphatic hydroxyl groups excluding tert-OH is 1. The molecule has 0 aliphatic heterocycles. The van der Waals surface area contributed by atoms with Gasteiger partial charge in [0, 0.05) is 24.4 Å². The molecule has 0 aliphatic rings. The van der Waals surface area contributed by atoms with E-state index in [1.165, 1.54) is 0 Å². The van der Waals surface area contributed by atoms with Gasteiger partial charge in [-0.25, -0.2) is 0 Å². The molecule has 2 heterocycles. The zero-order chi connectivity index (χ0) is 11.9. The van der Waals surface area contributed by atoms with Crippen molar-refractivity contribution >= 4 is 0 Å². The maximum absolute atomic E-state index is 10.3. The summed E-state index contributed by atoms with van der Waals surface area (Å²) in [4.78, 5) is 0. The maximum Gasteiger partial charge on any atom is 0.111 e. The Morgan fingerprint density at radius 3 is 2.44 bits per heavy atom. The van der Waals surface area contributed by atoms with Gasteiger partial charge in [-0.1, -0.05) is 0 Å². The van der Waals surface area contributed by atoms with E-state index in [0.29, 0.717) is 0 Å². The van der Waals surface area contributed by atoms with Crippen LogP contribution in [0.1, 0.15) is 34.3 Å². The van der Waals surface area contributed by atoms with Crippen LogP contribution >= 0.6 is 0 Å². The summed E-state index contributed by atoms with van der Waals surface area (Å²) in [5.74, 6) is 1.63. The predicted molar refractivity (Wildman–Crippen MR) is 60.2 cm³/mol. The van der Waals surface area contributed by atoms with E-state index in [2.05, 4.69) is 5.10 Å². The number of aromatic nitrogens is 2. The van der Waals surface area contributed by atoms with Crippen LogP contribution in [0.25, 0.3) is 0 Å². The lowest BCUT2D eigenvalue weighted by Gasteiger charge is -2.08. The second-order valence-electron chi connectivity index (χ2n) is 4.10. The Morgan fingerprint density at radius 2 is 2.00 bits per heavy atom. The molecule has 0 aromatic carbocycles. The standard InChI is InChI=1S/C12H16N2O2/c1-7-8(2)16-9(3)11(7)12(15)10-5-13-14(4)6-10/h5-6,12,15H,1-4H3. The van der Waals surface area contributed by atoms with E-state index in [9.17, 15) is 5.11 Å². The fourth-order valence-corrected chi connectivity index (χ4v) is 1.96. The fourth-order valence-electron chi connectivity index (χ4n) is 1.96. The van der Waals surface area contributed by atoms with Crippen molar-refractivity contribution in [1.82, 2.24) is 9.78 Å². The van der Waals surface area contributed by atoms with Gasteiger partial charge in [0.15, 0.2) is 0 Å². The van der Waals surface area contributed by atoms with Crippen molar-refractivity contribution in [2.24, 2.45) is 7.05 Å². The summed E-state index contributed by atoms with van der Waals surface area (Å²) in [5.41, 5.74) is 2.65. The van der Waals surface area contributed by atoms with Crippen molar-refractivity contribution in [2.45, 2.75) is 26.9 Å². The Bertz CT molecular complexity index is 511. The van der Waals surface area contributed by atoms with Gasteiger partial charge >= 0.3 is 0 Å². The van der Waals surface area contributed by atoms with Crippen molar-refractivity contribution < 1.29 is 9.52 Å². The molecule has 2 aromatic rings. The molecule has 1 unspecified atom stereocenters. The van der Waals surface area contributed by atoms with Gasteiger partial charge in [-0.2, -0.15) is 5.10 Å². The second kappa shape index (κ2) is 3.79. The normalized spacial score (nSPS) is 13.1. The van der Waals surface area contributed by atoms with E-state index < -0.39 is 6.10 Å². The van der Waals surface area contributed by atoms with Crippen molar-refractivity contribution in [2.75, 3.05) is 0 Å². The van der Waals surface area contributed by atoms with Crippen molar-refractivity contribution in [3.8, 4) is 0 Å². The number of aryl methyl sites for hydroxylation is 3. The highest BCUT2D eigenvalue weighted by atomic mass is 16.3. The summed E-state index contributed by atoms with van der Waals surface area (Å²) in [6, 6.07) is 0. The van der Waals surface area contributed by atoms with Crippen molar-refractivity contribution in [3.63, 3.8) is 0 Å². The zero-order valence-electron chi connectivity index (χ0n) is 9.98. The van der Waals surface area contributed by atoms with Crippen LogP contribution in [-0.4, -0.2) is 14.9 Å². The Labute approximate surface area is 94.5 Å². The first kappa shape index (κ1) is 11.0. The highest BCUT2D eigenvalue weighted by Gasteiger charge is 2.21. The fraction of sp³-hybridized carbons (Fsp3) is 0.417. The molecule has 16 heavy (non-hydrogen) atoms. The molecule has 0 fully saturated rings. The van der Waals surface area contributed by atoms with Gasteiger partial charge in [-0.3, -0.25) is 4.68 Å². The first-order valence-corrected chi connectivity index (χ1v) is 5.23. The van der Waals surface area contributed by atoms with Gasteiger partial charge in [0.25, 0.3) is 0 Å². The molecular weight excluding hydrogens is 204 g/mol. The molecule has 2 rings (SSSR count). The van der Waals surface area contributed by atoms with Crippen LogP contribution in [0.5, 0.6) is 0 Å². The van der Waals surface area contributed by atoms with Crippen molar-refractivity contribution in [1.29, 1.82) is 0 Å². The van der Waals surface area contributed by atoms with Gasteiger partial charge in [-0.05, 0) is 26.3 Å². The monoisotopic (exact) mass is 220 g/mol. The molecule has 0 amide bonds. The minimum Gasteiger partial charge on any atom is -0.466 e. The van der Waals surface area contributed by atoms with Gasteiger partial charge in [0.1, 0.15) is 17.6 Å². The minimum absolute atomic E-state index is 0.661. The van der Waals surface area contributed by atoms with Crippen molar-refractivity contribution in [3.05, 3.63) is 40.6 Å². The number of hydrogen-bond donors (Lipinski definition) is 1. The molecule has 0 spiro atoms. The summed E-state index contributed by atoms with van der Waals surface area (Å²) in [7, 11) is 1.83. The van der Waals surface area contributed by atoms with Gasteiger partial charge in [0.05, 0.1) is 6.20 Å². The third-order valence-corrected chi connectivity index (χ3v) is 2.93. The number of nitrogens with zero attached hydrogens (tertiary/aromatic N) is 2. The molecule has 2 aromatic heterocycles. The molecule has 0 radical (unpaired) electrons. The smallest absolute Gasteiger partial charge is 0.111 e. The third-order valence-electron chi connectivity index (χ3n) is 2.93. The van der Waals surface area contributed by atoms with E-state index in [1.54, 1.807) is 10.9 Å². The molecular formula is C12H16N2O2. The lowest BCUT2D eigenvalue weighted by Crippen LogP contribution is -2.00. The zero-order valence-corrected chi connectivity index (χ0v) is 9.98. The largest absolute Gasteiger partial charge is 0.466 e. The predicted octanol–water partition coefficient (Wildman–Crippen LogP) is 2.02. The van der Waals surface area contributed by atoms with Crippen LogP contribution in [0, 0.1) is 20.8 Å². The van der Waals surface area contributed by atoms with E-state index >= 15 is 0 Å². The van der Waals surface area contributed by atoms with Crippen LogP contribution in [0.15, 0.2) is 16.8 Å². The van der Waals surface area contributed by atoms with E-state index in [0.717, 1.165) is 28.2 Å². The number of aliphatic hydroxyl groups is 1. The Hall–Kier alpha value is -1.55. The minimum atomic E-state index is -0.661. The Morgan fingerprint density at radius 1 is 1.31 bits per heavy atom. The molecule has 0 aliphatic carbocycles. The molecule has 4 heteroatoms. The molecule has 0 saturated heterocycles. The molecule has 86 valence electrons. The van der Waals surface area contributed by atoms with Gasteiger partial charge < -0.3 is 9.52 Å². The van der Waals surface area contributed by atoms with E-state index in [1.807, 2.05) is 34.0 Å². The Balaban J connectivity index is 2.44. The highest BCUT2D eigenvalue weighted by molar-refractivity contribution is 5.37. The van der Waals surface area contributed by atoms with E-state index in [4.69, 9.17) is 4.42 Å². The summed E-state index contributed by atoms with van der Waals surface area (Å²) < 4.78 is 7.18. The average Bonchev–Trinajstić information content (AvgIpc) is 2.73. The maximum atomic E-state index is 10.3. The molecule has 1 N–H and O–H groups in total.